The van der Waals surface area contributed by atoms with Gasteiger partial charge >= 0.3 is 0 Å². The van der Waals surface area contributed by atoms with Crippen molar-refractivity contribution < 1.29 is 0 Å². The lowest BCUT2D eigenvalue weighted by molar-refractivity contribution is 0.533. The first-order valence-corrected chi connectivity index (χ1v) is 7.66. The Morgan fingerprint density at radius 2 is 1.43 bits per heavy atom. The number of hydrogen-bond acceptors (Lipinski definition) is 1. The van der Waals surface area contributed by atoms with Crippen molar-refractivity contribution in [3.8, 4) is 0 Å². The molecule has 3 aromatic rings. The Kier molecular flexibility index (Phi) is 3.21. The van der Waals surface area contributed by atoms with Crippen molar-refractivity contribution in [3.63, 3.8) is 0 Å². The van der Waals surface area contributed by atoms with E-state index in [0.717, 1.165) is 19.4 Å². The zero-order valence-corrected chi connectivity index (χ0v) is 12.0. The number of benzene rings is 3. The van der Waals surface area contributed by atoms with E-state index in [1.807, 2.05) is 0 Å². The van der Waals surface area contributed by atoms with Crippen LogP contribution >= 0.6 is 0 Å². The molecule has 21 heavy (non-hydrogen) atoms. The lowest BCUT2D eigenvalue weighted by atomic mass is 10.1. The molecule has 3 aromatic carbocycles. The molecule has 0 radical (unpaired) electrons. The summed E-state index contributed by atoms with van der Waals surface area (Å²) in [5, 5.41) is 6.35. The minimum Gasteiger partial charge on any atom is -0.309 e. The number of fused-ring (bicyclic) bond motifs is 2. The highest BCUT2D eigenvalue weighted by Gasteiger charge is 2.19. The van der Waals surface area contributed by atoms with Crippen LogP contribution in [0.15, 0.2) is 66.7 Å². The zero-order valence-electron chi connectivity index (χ0n) is 12.0. The van der Waals surface area contributed by atoms with Crippen molar-refractivity contribution >= 4 is 10.8 Å². The number of hydrogen-bond donors (Lipinski definition) is 1. The van der Waals surface area contributed by atoms with E-state index >= 15 is 0 Å². The summed E-state index contributed by atoms with van der Waals surface area (Å²) in [6, 6.07) is 24.7. The lowest BCUT2D eigenvalue weighted by Gasteiger charge is -2.12. The van der Waals surface area contributed by atoms with Crippen molar-refractivity contribution in [2.24, 2.45) is 0 Å². The van der Waals surface area contributed by atoms with Gasteiger partial charge in [0.2, 0.25) is 0 Å². The molecule has 104 valence electrons. The average Bonchev–Trinajstić information content (AvgIpc) is 2.95. The summed E-state index contributed by atoms with van der Waals surface area (Å²) >= 11 is 0. The maximum Gasteiger partial charge on any atom is 0.0208 e. The molecule has 0 heterocycles. The lowest BCUT2D eigenvalue weighted by Crippen LogP contribution is -2.28. The predicted octanol–water partition coefficient (Wildman–Crippen LogP) is 4.10. The summed E-state index contributed by atoms with van der Waals surface area (Å²) in [6.07, 6.45) is 2.31. The second kappa shape index (κ2) is 5.34. The molecule has 1 nitrogen and oxygen atoms in total. The highest BCUT2D eigenvalue weighted by molar-refractivity contribution is 5.82. The summed E-state index contributed by atoms with van der Waals surface area (Å²) in [7, 11) is 0. The minimum absolute atomic E-state index is 0.578. The fourth-order valence-corrected chi connectivity index (χ4v) is 3.31. The predicted molar refractivity (Wildman–Crippen MR) is 88.4 cm³/mol. The van der Waals surface area contributed by atoms with Crippen LogP contribution in [0.1, 0.15) is 16.7 Å². The van der Waals surface area contributed by atoms with Gasteiger partial charge in [-0.3, -0.25) is 0 Å². The summed E-state index contributed by atoms with van der Waals surface area (Å²) in [5.74, 6) is 0. The SMILES string of the molecule is c1ccc2c(c1)CC(NCc1ccc3ccccc3c1)C2. The second-order valence-corrected chi connectivity index (χ2v) is 5.94. The van der Waals surface area contributed by atoms with Crippen LogP contribution in [-0.2, 0) is 19.4 Å². The Labute approximate surface area is 125 Å². The normalized spacial score (nSPS) is 14.5. The Balaban J connectivity index is 1.45. The molecule has 0 aliphatic heterocycles. The molecule has 0 atom stereocenters. The molecule has 1 aliphatic rings. The minimum atomic E-state index is 0.578. The molecule has 1 N–H and O–H groups in total. The average molecular weight is 273 g/mol. The molecule has 0 bridgehead atoms. The summed E-state index contributed by atoms with van der Waals surface area (Å²) < 4.78 is 0. The van der Waals surface area contributed by atoms with E-state index in [4.69, 9.17) is 0 Å². The molecule has 0 amide bonds. The van der Waals surface area contributed by atoms with E-state index in [-0.39, 0.29) is 0 Å². The van der Waals surface area contributed by atoms with Gasteiger partial charge in [-0.05, 0) is 46.4 Å². The van der Waals surface area contributed by atoms with Gasteiger partial charge in [0.1, 0.15) is 0 Å². The first kappa shape index (κ1) is 12.6. The standard InChI is InChI=1S/C20H19N/c1-2-6-17-11-15(9-10-16(17)5-1)14-21-20-12-18-7-3-4-8-19(18)13-20/h1-11,20-21H,12-14H2. The van der Waals surface area contributed by atoms with Gasteiger partial charge in [-0.25, -0.2) is 0 Å². The van der Waals surface area contributed by atoms with Crippen molar-refractivity contribution in [3.05, 3.63) is 83.4 Å². The van der Waals surface area contributed by atoms with Gasteiger partial charge in [-0.1, -0.05) is 60.7 Å². The van der Waals surface area contributed by atoms with Gasteiger partial charge in [0.05, 0.1) is 0 Å². The summed E-state index contributed by atoms with van der Waals surface area (Å²) in [6.45, 7) is 0.948. The van der Waals surface area contributed by atoms with E-state index < -0.39 is 0 Å². The van der Waals surface area contributed by atoms with Gasteiger partial charge in [-0.2, -0.15) is 0 Å². The highest BCUT2D eigenvalue weighted by Crippen LogP contribution is 2.22. The largest absolute Gasteiger partial charge is 0.309 e. The topological polar surface area (TPSA) is 12.0 Å². The zero-order chi connectivity index (χ0) is 14.1. The molecule has 0 spiro atoms. The monoisotopic (exact) mass is 273 g/mol. The Hall–Kier alpha value is -2.12. The van der Waals surface area contributed by atoms with Gasteiger partial charge in [0.15, 0.2) is 0 Å². The third kappa shape index (κ3) is 2.57. The second-order valence-electron chi connectivity index (χ2n) is 5.94. The van der Waals surface area contributed by atoms with Crippen LogP contribution in [0.5, 0.6) is 0 Å². The smallest absolute Gasteiger partial charge is 0.0208 e. The Bertz CT molecular complexity index is 750. The maximum absolute atomic E-state index is 3.71. The van der Waals surface area contributed by atoms with Crippen LogP contribution in [0, 0.1) is 0 Å². The van der Waals surface area contributed by atoms with Crippen LogP contribution in [0.25, 0.3) is 10.8 Å². The molecular formula is C20H19N. The van der Waals surface area contributed by atoms with Crippen LogP contribution in [0.4, 0.5) is 0 Å². The molecule has 4 rings (SSSR count). The molecule has 1 aliphatic carbocycles. The van der Waals surface area contributed by atoms with Crippen LogP contribution < -0.4 is 5.32 Å². The Morgan fingerprint density at radius 1 is 0.762 bits per heavy atom. The van der Waals surface area contributed by atoms with E-state index in [1.54, 1.807) is 0 Å². The molecule has 0 unspecified atom stereocenters. The molecule has 1 heteroatoms. The molecule has 0 fully saturated rings. The van der Waals surface area contributed by atoms with Crippen LogP contribution in [0.2, 0.25) is 0 Å². The van der Waals surface area contributed by atoms with Gasteiger partial charge in [0, 0.05) is 12.6 Å². The van der Waals surface area contributed by atoms with Crippen LogP contribution in [0.3, 0.4) is 0 Å². The van der Waals surface area contributed by atoms with Crippen molar-refractivity contribution in [2.45, 2.75) is 25.4 Å². The van der Waals surface area contributed by atoms with E-state index in [1.165, 1.54) is 27.5 Å². The van der Waals surface area contributed by atoms with E-state index in [2.05, 4.69) is 72.0 Å². The number of nitrogens with one attached hydrogen (secondary N) is 1. The van der Waals surface area contributed by atoms with E-state index in [0.29, 0.717) is 6.04 Å². The fraction of sp³-hybridized carbons (Fsp3) is 0.200. The molecule has 0 saturated carbocycles. The third-order valence-electron chi connectivity index (χ3n) is 4.46. The third-order valence-corrected chi connectivity index (χ3v) is 4.46. The van der Waals surface area contributed by atoms with Crippen molar-refractivity contribution in [1.29, 1.82) is 0 Å². The number of rotatable bonds is 3. The van der Waals surface area contributed by atoms with E-state index in [9.17, 15) is 0 Å². The quantitative estimate of drug-likeness (QED) is 0.757. The maximum atomic E-state index is 3.71. The molecule has 0 saturated heterocycles. The fourth-order valence-electron chi connectivity index (χ4n) is 3.31. The molecular weight excluding hydrogens is 254 g/mol. The molecule has 0 aromatic heterocycles. The van der Waals surface area contributed by atoms with Gasteiger partial charge in [-0.15, -0.1) is 0 Å². The van der Waals surface area contributed by atoms with Crippen molar-refractivity contribution in [1.82, 2.24) is 5.32 Å². The first-order valence-electron chi connectivity index (χ1n) is 7.66. The van der Waals surface area contributed by atoms with Gasteiger partial charge in [0.25, 0.3) is 0 Å². The first-order chi connectivity index (χ1) is 10.4. The van der Waals surface area contributed by atoms with Crippen LogP contribution in [-0.4, -0.2) is 6.04 Å². The highest BCUT2D eigenvalue weighted by atomic mass is 14.9. The van der Waals surface area contributed by atoms with Crippen molar-refractivity contribution in [2.75, 3.05) is 0 Å². The Morgan fingerprint density at radius 3 is 2.19 bits per heavy atom. The summed E-state index contributed by atoms with van der Waals surface area (Å²) in [5.41, 5.74) is 4.38. The summed E-state index contributed by atoms with van der Waals surface area (Å²) in [4.78, 5) is 0. The van der Waals surface area contributed by atoms with Gasteiger partial charge < -0.3 is 5.32 Å².